The van der Waals surface area contributed by atoms with Crippen molar-refractivity contribution < 1.29 is 28.6 Å². The molecule has 6 heteroatoms. The molecule has 4 rings (SSSR count). The fourth-order valence-electron chi connectivity index (χ4n) is 6.81. The van der Waals surface area contributed by atoms with Crippen LogP contribution in [-0.4, -0.2) is 37.9 Å². The van der Waals surface area contributed by atoms with Crippen LogP contribution in [-0.2, 0) is 28.6 Å². The van der Waals surface area contributed by atoms with Gasteiger partial charge in [-0.3, -0.25) is 14.4 Å². The molecule has 6 nitrogen and oxygen atoms in total. The van der Waals surface area contributed by atoms with Crippen molar-refractivity contribution in [1.29, 1.82) is 0 Å². The van der Waals surface area contributed by atoms with E-state index in [9.17, 15) is 14.4 Å². The lowest BCUT2D eigenvalue weighted by molar-refractivity contribution is -0.217. The van der Waals surface area contributed by atoms with E-state index in [-0.39, 0.29) is 47.5 Å². The summed E-state index contributed by atoms with van der Waals surface area (Å²) in [6.07, 6.45) is 2.21. The summed E-state index contributed by atoms with van der Waals surface area (Å²) < 4.78 is 16.7. The Morgan fingerprint density at radius 2 is 1.82 bits per heavy atom. The van der Waals surface area contributed by atoms with Gasteiger partial charge in [-0.1, -0.05) is 20.8 Å². The average molecular weight is 388 g/mol. The van der Waals surface area contributed by atoms with Crippen LogP contribution in [0.4, 0.5) is 0 Å². The highest BCUT2D eigenvalue weighted by atomic mass is 16.5. The zero-order valence-electron chi connectivity index (χ0n) is 17.3. The minimum atomic E-state index is -0.936. The van der Waals surface area contributed by atoms with E-state index in [0.717, 1.165) is 5.57 Å². The molecule has 1 heterocycles. The molecular weight excluding hydrogens is 360 g/mol. The van der Waals surface area contributed by atoms with Crippen molar-refractivity contribution in [2.45, 2.75) is 46.6 Å². The smallest absolute Gasteiger partial charge is 0.306 e. The van der Waals surface area contributed by atoms with Crippen molar-refractivity contribution in [3.63, 3.8) is 0 Å². The summed E-state index contributed by atoms with van der Waals surface area (Å²) in [6, 6.07) is 0. The van der Waals surface area contributed by atoms with Crippen molar-refractivity contribution in [1.82, 2.24) is 0 Å². The molecule has 152 valence electrons. The lowest BCUT2D eigenvalue weighted by Gasteiger charge is -2.64. The number of allylic oxidation sites excluding steroid dienone is 4. The number of methoxy groups -OCH3 is 2. The highest BCUT2D eigenvalue weighted by Gasteiger charge is 2.72. The first kappa shape index (κ1) is 19.2. The van der Waals surface area contributed by atoms with E-state index in [1.807, 2.05) is 33.8 Å². The zero-order chi connectivity index (χ0) is 20.6. The van der Waals surface area contributed by atoms with Crippen LogP contribution in [0.15, 0.2) is 23.2 Å². The number of rotatable bonds is 2. The van der Waals surface area contributed by atoms with E-state index in [0.29, 0.717) is 12.2 Å². The minimum absolute atomic E-state index is 0.0204. The Bertz CT molecular complexity index is 838. The molecule has 0 aromatic heterocycles. The summed E-state index contributed by atoms with van der Waals surface area (Å²) in [5.41, 5.74) is -0.795. The van der Waals surface area contributed by atoms with Gasteiger partial charge in [0.1, 0.15) is 6.10 Å². The van der Waals surface area contributed by atoms with E-state index in [1.165, 1.54) is 14.2 Å². The molecule has 0 aromatic carbocycles. The van der Waals surface area contributed by atoms with Gasteiger partial charge in [0.2, 0.25) is 11.6 Å². The second-order valence-electron chi connectivity index (χ2n) is 9.16. The fourth-order valence-corrected chi connectivity index (χ4v) is 6.81. The molecule has 0 amide bonds. The standard InChI is InChI=1S/C22H28O6/c1-10-7-14(26-5)20(25)22(4)12(10)8-15-21(3)13(9-16(23)28-15)11(2)18(27-6)17(24)19(21)22/h7,10,12-13,15,19H,8-9H2,1-6H3/t10-,12-,13-,15+,19-,21-,22+/m1/s1. The summed E-state index contributed by atoms with van der Waals surface area (Å²) in [5, 5.41) is 0. The molecule has 1 aliphatic heterocycles. The molecule has 0 radical (unpaired) electrons. The molecule has 28 heavy (non-hydrogen) atoms. The highest BCUT2D eigenvalue weighted by molar-refractivity contribution is 6.07. The Balaban J connectivity index is 1.99. The second kappa shape index (κ2) is 5.94. The van der Waals surface area contributed by atoms with Crippen LogP contribution in [0.1, 0.15) is 40.5 Å². The third-order valence-corrected chi connectivity index (χ3v) is 8.10. The van der Waals surface area contributed by atoms with Crippen molar-refractivity contribution in [3.8, 4) is 0 Å². The molecule has 0 aromatic rings. The maximum Gasteiger partial charge on any atom is 0.306 e. The second-order valence-corrected chi connectivity index (χ2v) is 9.16. The van der Waals surface area contributed by atoms with Crippen molar-refractivity contribution in [3.05, 3.63) is 23.2 Å². The summed E-state index contributed by atoms with van der Waals surface area (Å²) >= 11 is 0. The van der Waals surface area contributed by atoms with E-state index in [2.05, 4.69) is 0 Å². The average Bonchev–Trinajstić information content (AvgIpc) is 2.63. The number of hydrogen-bond donors (Lipinski definition) is 0. The van der Waals surface area contributed by atoms with Crippen molar-refractivity contribution >= 4 is 17.5 Å². The SMILES string of the molecule is COC1=C[C@@H](C)[C@H]2C[C@@H]3OC(=O)C[C@@H]4C(C)=C(OC)C(=O)[C@@H]([C@@]2(C)C1=O)[C@@]34C. The third kappa shape index (κ3) is 2.06. The molecule has 0 N–H and O–H groups in total. The number of carbonyl (C=O) groups excluding carboxylic acids is 3. The van der Waals surface area contributed by atoms with Gasteiger partial charge in [-0.05, 0) is 36.8 Å². The van der Waals surface area contributed by atoms with E-state index in [4.69, 9.17) is 14.2 Å². The topological polar surface area (TPSA) is 78.9 Å². The number of carbonyl (C=O) groups is 3. The van der Waals surface area contributed by atoms with Gasteiger partial charge in [-0.25, -0.2) is 0 Å². The summed E-state index contributed by atoms with van der Waals surface area (Å²) in [4.78, 5) is 39.6. The lowest BCUT2D eigenvalue weighted by atomic mass is 9.40. The Morgan fingerprint density at radius 1 is 1.14 bits per heavy atom. The molecule has 3 aliphatic carbocycles. The number of fused-ring (bicyclic) bond motifs is 2. The quantitative estimate of drug-likeness (QED) is 0.677. The predicted octanol–water partition coefficient (Wildman–Crippen LogP) is 2.82. The monoisotopic (exact) mass is 388 g/mol. The molecule has 0 unspecified atom stereocenters. The Labute approximate surface area is 165 Å². The van der Waals surface area contributed by atoms with E-state index < -0.39 is 22.9 Å². The molecule has 0 bridgehead atoms. The number of ether oxygens (including phenoxy) is 3. The van der Waals surface area contributed by atoms with Crippen LogP contribution in [0.3, 0.4) is 0 Å². The van der Waals surface area contributed by atoms with E-state index in [1.54, 1.807) is 0 Å². The van der Waals surface area contributed by atoms with Gasteiger partial charge in [-0.15, -0.1) is 0 Å². The van der Waals surface area contributed by atoms with Gasteiger partial charge in [0.15, 0.2) is 11.5 Å². The molecular formula is C22H28O6. The minimum Gasteiger partial charge on any atom is -0.493 e. The molecule has 1 saturated carbocycles. The molecule has 4 aliphatic rings. The largest absolute Gasteiger partial charge is 0.493 e. The van der Waals surface area contributed by atoms with Gasteiger partial charge in [-0.2, -0.15) is 0 Å². The molecule has 0 spiro atoms. The predicted molar refractivity (Wildman–Crippen MR) is 99.8 cm³/mol. The maximum atomic E-state index is 13.7. The number of Topliss-reactive ketones (excluding diaryl/α,β-unsaturated/α-hetero) is 2. The first-order valence-electron chi connectivity index (χ1n) is 9.91. The normalized spacial score (nSPS) is 45.0. The van der Waals surface area contributed by atoms with Crippen molar-refractivity contribution in [2.24, 2.45) is 34.5 Å². The van der Waals surface area contributed by atoms with Gasteiger partial charge in [0.25, 0.3) is 0 Å². The van der Waals surface area contributed by atoms with Crippen LogP contribution >= 0.6 is 0 Å². The van der Waals surface area contributed by atoms with Crippen LogP contribution in [0.25, 0.3) is 0 Å². The van der Waals surface area contributed by atoms with Crippen LogP contribution < -0.4 is 0 Å². The fraction of sp³-hybridized carbons (Fsp3) is 0.682. The van der Waals surface area contributed by atoms with Gasteiger partial charge in [0.05, 0.1) is 20.6 Å². The molecule has 2 fully saturated rings. The van der Waals surface area contributed by atoms with E-state index >= 15 is 0 Å². The zero-order valence-corrected chi connectivity index (χ0v) is 17.3. The first-order valence-corrected chi connectivity index (χ1v) is 9.91. The Kier molecular flexibility index (Phi) is 4.08. The molecule has 1 saturated heterocycles. The Morgan fingerprint density at radius 3 is 2.43 bits per heavy atom. The van der Waals surface area contributed by atoms with Gasteiger partial charge >= 0.3 is 5.97 Å². The van der Waals surface area contributed by atoms with Crippen LogP contribution in [0.5, 0.6) is 0 Å². The van der Waals surface area contributed by atoms with Crippen LogP contribution in [0.2, 0.25) is 0 Å². The third-order valence-electron chi connectivity index (χ3n) is 8.10. The van der Waals surface area contributed by atoms with Gasteiger partial charge < -0.3 is 14.2 Å². The summed E-state index contributed by atoms with van der Waals surface area (Å²) in [6.45, 7) is 7.80. The highest BCUT2D eigenvalue weighted by Crippen LogP contribution is 2.67. The number of hydrogen-bond acceptors (Lipinski definition) is 6. The van der Waals surface area contributed by atoms with Crippen molar-refractivity contribution in [2.75, 3.05) is 14.2 Å². The first-order chi connectivity index (χ1) is 13.1. The Hall–Kier alpha value is -2.11. The summed E-state index contributed by atoms with van der Waals surface area (Å²) in [7, 11) is 2.97. The summed E-state index contributed by atoms with van der Waals surface area (Å²) in [5.74, 6) is -0.854. The van der Waals surface area contributed by atoms with Gasteiger partial charge in [0, 0.05) is 22.7 Å². The number of esters is 1. The molecule has 7 atom stereocenters. The maximum absolute atomic E-state index is 13.7. The number of ketones is 2. The van der Waals surface area contributed by atoms with Crippen LogP contribution in [0, 0.1) is 34.5 Å². The lowest BCUT2D eigenvalue weighted by Crippen LogP contribution is -2.69.